The Morgan fingerprint density at radius 2 is 1.59 bits per heavy atom. The average molecular weight is 240 g/mol. The van der Waals surface area contributed by atoms with E-state index in [1.54, 1.807) is 0 Å². The number of ether oxygens (including phenoxy) is 2. The Morgan fingerprint density at radius 1 is 1.00 bits per heavy atom. The third kappa shape index (κ3) is 2.26. The van der Waals surface area contributed by atoms with Gasteiger partial charge in [-0.2, -0.15) is 0 Å². The molecule has 0 aromatic carbocycles. The summed E-state index contributed by atoms with van der Waals surface area (Å²) in [6.07, 6.45) is 3.39. The van der Waals surface area contributed by atoms with Crippen LogP contribution in [-0.2, 0) is 9.47 Å². The SMILES string of the molecule is CC(C)[C@@H]1CC2(CC[C@@]1(C)C(C)C)OCCO2. The molecule has 0 amide bonds. The lowest BCUT2D eigenvalue weighted by Gasteiger charge is -2.51. The summed E-state index contributed by atoms with van der Waals surface area (Å²) in [6.45, 7) is 13.4. The molecule has 0 aromatic heterocycles. The maximum Gasteiger partial charge on any atom is 0.168 e. The van der Waals surface area contributed by atoms with Gasteiger partial charge in [0.15, 0.2) is 5.79 Å². The molecule has 0 unspecified atom stereocenters. The molecule has 0 aromatic rings. The van der Waals surface area contributed by atoms with Crippen molar-refractivity contribution in [3.8, 4) is 0 Å². The second-order valence-electron chi connectivity index (χ2n) is 6.82. The van der Waals surface area contributed by atoms with Gasteiger partial charge in [0.2, 0.25) is 0 Å². The van der Waals surface area contributed by atoms with Crippen molar-refractivity contribution < 1.29 is 9.47 Å². The minimum Gasteiger partial charge on any atom is -0.348 e. The molecule has 100 valence electrons. The summed E-state index contributed by atoms with van der Waals surface area (Å²) in [5.74, 6) is 1.90. The first kappa shape index (κ1) is 13.4. The highest BCUT2D eigenvalue weighted by Gasteiger charge is 2.51. The van der Waals surface area contributed by atoms with Gasteiger partial charge in [0.05, 0.1) is 13.2 Å². The zero-order valence-electron chi connectivity index (χ0n) is 12.1. The van der Waals surface area contributed by atoms with Crippen molar-refractivity contribution >= 4 is 0 Å². The fourth-order valence-electron chi connectivity index (χ4n) is 3.79. The highest BCUT2D eigenvalue weighted by Crippen LogP contribution is 2.54. The Bertz CT molecular complexity index is 266. The van der Waals surface area contributed by atoms with E-state index in [4.69, 9.17) is 9.47 Å². The second kappa shape index (κ2) is 4.55. The first-order valence-electron chi connectivity index (χ1n) is 7.17. The fraction of sp³-hybridized carbons (Fsp3) is 1.00. The molecule has 0 bridgehead atoms. The Morgan fingerprint density at radius 3 is 2.06 bits per heavy atom. The lowest BCUT2D eigenvalue weighted by Crippen LogP contribution is -2.48. The van der Waals surface area contributed by atoms with Gasteiger partial charge >= 0.3 is 0 Å². The number of hydrogen-bond donors (Lipinski definition) is 0. The molecule has 2 atom stereocenters. The minimum absolute atomic E-state index is 0.233. The van der Waals surface area contributed by atoms with E-state index in [9.17, 15) is 0 Å². The largest absolute Gasteiger partial charge is 0.348 e. The van der Waals surface area contributed by atoms with Crippen molar-refractivity contribution in [1.82, 2.24) is 0 Å². The molecule has 1 saturated carbocycles. The Hall–Kier alpha value is -0.0800. The van der Waals surface area contributed by atoms with Crippen molar-refractivity contribution in [3.63, 3.8) is 0 Å². The summed E-state index contributed by atoms with van der Waals surface area (Å²) in [4.78, 5) is 0. The molecule has 2 aliphatic rings. The van der Waals surface area contributed by atoms with Crippen molar-refractivity contribution in [2.45, 2.75) is 59.7 Å². The van der Waals surface area contributed by atoms with Crippen molar-refractivity contribution in [1.29, 1.82) is 0 Å². The van der Waals surface area contributed by atoms with Gasteiger partial charge in [0.25, 0.3) is 0 Å². The van der Waals surface area contributed by atoms with E-state index in [1.165, 1.54) is 6.42 Å². The van der Waals surface area contributed by atoms with E-state index in [0.717, 1.165) is 32.0 Å². The first-order valence-corrected chi connectivity index (χ1v) is 7.17. The Labute approximate surface area is 106 Å². The fourth-order valence-corrected chi connectivity index (χ4v) is 3.79. The third-order valence-corrected chi connectivity index (χ3v) is 5.36. The number of hydrogen-bond acceptors (Lipinski definition) is 2. The van der Waals surface area contributed by atoms with E-state index in [2.05, 4.69) is 34.6 Å². The van der Waals surface area contributed by atoms with Crippen LogP contribution in [0.1, 0.15) is 53.9 Å². The van der Waals surface area contributed by atoms with Gasteiger partial charge in [-0.15, -0.1) is 0 Å². The summed E-state index contributed by atoms with van der Waals surface area (Å²) in [6, 6.07) is 0. The monoisotopic (exact) mass is 240 g/mol. The molecule has 1 aliphatic heterocycles. The maximum atomic E-state index is 5.91. The molecule has 2 heteroatoms. The van der Waals surface area contributed by atoms with Crippen LogP contribution in [0.2, 0.25) is 0 Å². The molecule has 2 fully saturated rings. The van der Waals surface area contributed by atoms with Crippen molar-refractivity contribution in [3.05, 3.63) is 0 Å². The van der Waals surface area contributed by atoms with Crippen LogP contribution < -0.4 is 0 Å². The smallest absolute Gasteiger partial charge is 0.168 e. The predicted molar refractivity (Wildman–Crippen MR) is 69.8 cm³/mol. The van der Waals surface area contributed by atoms with Gasteiger partial charge in [0.1, 0.15) is 0 Å². The lowest BCUT2D eigenvalue weighted by atomic mass is 9.57. The molecule has 1 heterocycles. The summed E-state index contributed by atoms with van der Waals surface area (Å²) in [5, 5.41) is 0. The highest BCUT2D eigenvalue weighted by atomic mass is 16.7. The van der Waals surface area contributed by atoms with Gasteiger partial charge in [-0.25, -0.2) is 0 Å². The molecule has 2 nitrogen and oxygen atoms in total. The van der Waals surface area contributed by atoms with Crippen LogP contribution in [0.4, 0.5) is 0 Å². The zero-order valence-corrected chi connectivity index (χ0v) is 12.1. The maximum absolute atomic E-state index is 5.91. The van der Waals surface area contributed by atoms with E-state index in [1.807, 2.05) is 0 Å². The molecule has 1 spiro atoms. The highest BCUT2D eigenvalue weighted by molar-refractivity contribution is 4.97. The lowest BCUT2D eigenvalue weighted by molar-refractivity contribution is -0.216. The molecular weight excluding hydrogens is 212 g/mol. The van der Waals surface area contributed by atoms with Crippen LogP contribution in [0.15, 0.2) is 0 Å². The molecule has 2 rings (SSSR count). The normalized spacial score (nSPS) is 37.2. The molecular formula is C15H28O2. The van der Waals surface area contributed by atoms with Gasteiger partial charge in [-0.05, 0) is 29.6 Å². The van der Waals surface area contributed by atoms with E-state index in [0.29, 0.717) is 17.3 Å². The quantitative estimate of drug-likeness (QED) is 0.730. The number of rotatable bonds is 2. The summed E-state index contributed by atoms with van der Waals surface area (Å²) >= 11 is 0. The predicted octanol–water partition coefficient (Wildman–Crippen LogP) is 3.85. The third-order valence-electron chi connectivity index (χ3n) is 5.36. The second-order valence-corrected chi connectivity index (χ2v) is 6.82. The summed E-state index contributed by atoms with van der Waals surface area (Å²) in [7, 11) is 0. The van der Waals surface area contributed by atoms with Crippen LogP contribution in [-0.4, -0.2) is 19.0 Å². The van der Waals surface area contributed by atoms with Crippen molar-refractivity contribution in [2.75, 3.05) is 13.2 Å². The van der Waals surface area contributed by atoms with Gasteiger partial charge in [-0.1, -0.05) is 34.6 Å². The van der Waals surface area contributed by atoms with Crippen LogP contribution in [0.5, 0.6) is 0 Å². The molecule has 0 N–H and O–H groups in total. The Kier molecular flexibility index (Phi) is 3.57. The van der Waals surface area contributed by atoms with Gasteiger partial charge < -0.3 is 9.47 Å². The summed E-state index contributed by atoms with van der Waals surface area (Å²) in [5.41, 5.74) is 0.439. The van der Waals surface area contributed by atoms with E-state index < -0.39 is 0 Å². The molecule has 0 radical (unpaired) electrons. The van der Waals surface area contributed by atoms with E-state index in [-0.39, 0.29) is 5.79 Å². The topological polar surface area (TPSA) is 18.5 Å². The average Bonchev–Trinajstić information content (AvgIpc) is 2.70. The van der Waals surface area contributed by atoms with Crippen LogP contribution >= 0.6 is 0 Å². The van der Waals surface area contributed by atoms with Crippen LogP contribution in [0.3, 0.4) is 0 Å². The zero-order chi connectivity index (χ0) is 12.7. The van der Waals surface area contributed by atoms with Crippen molar-refractivity contribution in [2.24, 2.45) is 23.2 Å². The van der Waals surface area contributed by atoms with Gasteiger partial charge in [-0.3, -0.25) is 0 Å². The summed E-state index contributed by atoms with van der Waals surface area (Å²) < 4.78 is 11.8. The van der Waals surface area contributed by atoms with Gasteiger partial charge in [0, 0.05) is 12.8 Å². The Balaban J connectivity index is 2.19. The molecule has 17 heavy (non-hydrogen) atoms. The first-order chi connectivity index (χ1) is 7.90. The molecule has 1 aliphatic carbocycles. The standard InChI is InChI=1S/C15H28O2/c1-11(2)13-10-15(16-8-9-17-15)7-6-14(13,5)12(3)4/h11-13H,6-10H2,1-5H3/t13-,14-/m0/s1. The van der Waals surface area contributed by atoms with Crippen LogP contribution in [0, 0.1) is 23.2 Å². The molecule has 1 saturated heterocycles. The minimum atomic E-state index is -0.233. The van der Waals surface area contributed by atoms with E-state index >= 15 is 0 Å². The van der Waals surface area contributed by atoms with Crippen LogP contribution in [0.25, 0.3) is 0 Å².